The quantitative estimate of drug-likeness (QED) is 0.369. The van der Waals surface area contributed by atoms with Crippen molar-refractivity contribution in [2.45, 2.75) is 18.8 Å². The Morgan fingerprint density at radius 1 is 1.30 bits per heavy atom. The van der Waals surface area contributed by atoms with Crippen LogP contribution in [-0.4, -0.2) is 32.1 Å². The number of nitrogens with zero attached hydrogens (tertiary/aromatic N) is 1. The largest absolute Gasteiger partial charge is 0.412 e. The Morgan fingerprint density at radius 3 is 2.35 bits per heavy atom. The zero-order valence-corrected chi connectivity index (χ0v) is 11.9. The molecule has 1 amide bonds. The van der Waals surface area contributed by atoms with Crippen molar-refractivity contribution in [3.05, 3.63) is 35.4 Å². The molecule has 1 aromatic rings. The first-order valence-electron chi connectivity index (χ1n) is 5.43. The van der Waals surface area contributed by atoms with Crippen LogP contribution in [0.1, 0.15) is 10.4 Å². The van der Waals surface area contributed by atoms with Crippen LogP contribution in [0.25, 0.3) is 0 Å². The van der Waals surface area contributed by atoms with Gasteiger partial charge in [-0.2, -0.15) is 8.78 Å². The van der Waals surface area contributed by atoms with Gasteiger partial charge in [-0.1, -0.05) is 10.5 Å². The predicted molar refractivity (Wildman–Crippen MR) is 63.1 cm³/mol. The van der Waals surface area contributed by atoms with E-state index in [4.69, 9.17) is 0 Å². The standard InChI is InChI=1S/C11H12F5NO2Si/c1-19-20(2,3)11(14,15)17(16)10(18)7-5-4-6-8(12)9(7)13/h4-6H,1-3H3. The summed E-state index contributed by atoms with van der Waals surface area (Å²) in [5.74, 6) is -5.09. The average Bonchev–Trinajstić information content (AvgIpc) is 2.39. The van der Waals surface area contributed by atoms with Crippen LogP contribution in [0.3, 0.4) is 0 Å². The molecule has 0 spiro atoms. The minimum absolute atomic E-state index is 0.681. The molecule has 0 saturated carbocycles. The van der Waals surface area contributed by atoms with Crippen molar-refractivity contribution in [1.82, 2.24) is 5.12 Å². The van der Waals surface area contributed by atoms with Crippen LogP contribution < -0.4 is 0 Å². The summed E-state index contributed by atoms with van der Waals surface area (Å²) >= 11 is 0. The van der Waals surface area contributed by atoms with Crippen LogP contribution in [0, 0.1) is 11.6 Å². The second-order valence-electron chi connectivity index (χ2n) is 4.44. The molecule has 0 aliphatic rings. The maximum atomic E-state index is 13.8. The molecule has 0 saturated heterocycles. The summed E-state index contributed by atoms with van der Waals surface area (Å²) < 4.78 is 72.1. The monoisotopic (exact) mass is 313 g/mol. The van der Waals surface area contributed by atoms with Crippen LogP contribution in [-0.2, 0) is 4.43 Å². The number of hydrogen-bond acceptors (Lipinski definition) is 2. The summed E-state index contributed by atoms with van der Waals surface area (Å²) in [6.07, 6.45) is 0. The molecule has 0 atom stereocenters. The average molecular weight is 313 g/mol. The lowest BCUT2D eigenvalue weighted by molar-refractivity contribution is -0.160. The lowest BCUT2D eigenvalue weighted by Crippen LogP contribution is -2.59. The van der Waals surface area contributed by atoms with Gasteiger partial charge in [-0.25, -0.2) is 8.78 Å². The number of amides is 1. The smallest absolute Gasteiger partial charge is 0.355 e. The van der Waals surface area contributed by atoms with E-state index in [9.17, 15) is 26.8 Å². The molecule has 0 radical (unpaired) electrons. The molecule has 0 unspecified atom stereocenters. The van der Waals surface area contributed by atoms with E-state index < -0.39 is 42.2 Å². The first kappa shape index (κ1) is 16.6. The molecule has 0 heterocycles. The highest BCUT2D eigenvalue weighted by Gasteiger charge is 2.58. The van der Waals surface area contributed by atoms with Gasteiger partial charge in [0.1, 0.15) is 0 Å². The Kier molecular flexibility index (Phi) is 4.54. The van der Waals surface area contributed by atoms with Gasteiger partial charge in [0.2, 0.25) is 0 Å². The normalized spacial score (nSPS) is 12.4. The van der Waals surface area contributed by atoms with Crippen molar-refractivity contribution in [1.29, 1.82) is 0 Å². The molecule has 112 valence electrons. The highest BCUT2D eigenvalue weighted by molar-refractivity contribution is 6.73. The molecule has 1 aromatic carbocycles. The zero-order chi connectivity index (χ0) is 15.7. The van der Waals surface area contributed by atoms with Crippen LogP contribution in [0.5, 0.6) is 0 Å². The maximum Gasteiger partial charge on any atom is 0.355 e. The van der Waals surface area contributed by atoms with Crippen molar-refractivity contribution in [3.63, 3.8) is 0 Å². The van der Waals surface area contributed by atoms with Crippen molar-refractivity contribution < 1.29 is 31.3 Å². The van der Waals surface area contributed by atoms with E-state index in [0.717, 1.165) is 26.3 Å². The third kappa shape index (κ3) is 2.68. The number of hydrogen-bond donors (Lipinski definition) is 0. The number of halogens is 5. The van der Waals surface area contributed by atoms with Crippen molar-refractivity contribution in [2.24, 2.45) is 0 Å². The van der Waals surface area contributed by atoms with E-state index in [0.29, 0.717) is 12.1 Å². The first-order valence-corrected chi connectivity index (χ1v) is 8.34. The Morgan fingerprint density at radius 2 is 1.85 bits per heavy atom. The van der Waals surface area contributed by atoms with Crippen LogP contribution >= 0.6 is 0 Å². The molecule has 0 fully saturated rings. The Bertz CT molecular complexity index is 524. The van der Waals surface area contributed by atoms with Crippen molar-refractivity contribution in [2.75, 3.05) is 7.11 Å². The molecule has 20 heavy (non-hydrogen) atoms. The van der Waals surface area contributed by atoms with Gasteiger partial charge in [-0.3, -0.25) is 4.79 Å². The van der Waals surface area contributed by atoms with Crippen molar-refractivity contribution >= 4 is 14.2 Å². The van der Waals surface area contributed by atoms with Crippen LogP contribution in [0.4, 0.5) is 22.0 Å². The Labute approximate surface area is 113 Å². The lowest BCUT2D eigenvalue weighted by atomic mass is 10.2. The minimum atomic E-state index is -4.24. The summed E-state index contributed by atoms with van der Waals surface area (Å²) in [7, 11) is -2.95. The highest BCUT2D eigenvalue weighted by atomic mass is 28.4. The zero-order valence-electron chi connectivity index (χ0n) is 10.9. The topological polar surface area (TPSA) is 29.5 Å². The number of carbonyl (C=O) groups is 1. The molecule has 0 bridgehead atoms. The van der Waals surface area contributed by atoms with Crippen LogP contribution in [0.2, 0.25) is 13.1 Å². The second-order valence-corrected chi connectivity index (χ2v) is 8.47. The molecule has 0 aliphatic heterocycles. The van der Waals surface area contributed by atoms with Gasteiger partial charge in [0.15, 0.2) is 11.6 Å². The molecular formula is C11H12F5NO2Si. The number of carbonyl (C=O) groups excluding carboxylic acids is 1. The molecule has 9 heteroatoms. The van der Waals surface area contributed by atoms with E-state index in [2.05, 4.69) is 4.43 Å². The third-order valence-corrected chi connectivity index (χ3v) is 5.51. The number of rotatable bonds is 4. The van der Waals surface area contributed by atoms with E-state index in [1.54, 1.807) is 0 Å². The van der Waals surface area contributed by atoms with Crippen LogP contribution in [0.15, 0.2) is 18.2 Å². The molecule has 0 aliphatic carbocycles. The molecular weight excluding hydrogens is 301 g/mol. The molecule has 1 rings (SSSR count). The van der Waals surface area contributed by atoms with Gasteiger partial charge < -0.3 is 4.43 Å². The lowest BCUT2D eigenvalue weighted by Gasteiger charge is -2.33. The van der Waals surface area contributed by atoms with Gasteiger partial charge in [-0.05, 0) is 25.2 Å². The van der Waals surface area contributed by atoms with Crippen molar-refractivity contribution in [3.8, 4) is 0 Å². The summed E-state index contributed by atoms with van der Waals surface area (Å²) in [6.45, 7) is 1.96. The SMILES string of the molecule is CO[Si](C)(C)C(F)(F)N(F)C(=O)c1cccc(F)c1F. The Hall–Kier alpha value is -1.48. The third-order valence-electron chi connectivity index (χ3n) is 2.84. The predicted octanol–water partition coefficient (Wildman–Crippen LogP) is 3.28. The fourth-order valence-corrected chi connectivity index (χ4v) is 2.08. The summed E-state index contributed by atoms with van der Waals surface area (Å²) in [5.41, 5.74) is -5.36. The summed E-state index contributed by atoms with van der Waals surface area (Å²) in [5, 5.41) is -1.40. The van der Waals surface area contributed by atoms with E-state index in [1.165, 1.54) is 0 Å². The molecule has 0 aromatic heterocycles. The van der Waals surface area contributed by atoms with Gasteiger partial charge in [0.25, 0.3) is 14.2 Å². The highest BCUT2D eigenvalue weighted by Crippen LogP contribution is 2.33. The molecule has 3 nitrogen and oxygen atoms in total. The number of alkyl halides is 2. The van der Waals surface area contributed by atoms with Gasteiger partial charge >= 0.3 is 5.67 Å². The summed E-state index contributed by atoms with van der Waals surface area (Å²) in [4.78, 5) is 11.6. The Balaban J connectivity index is 3.18. The fourth-order valence-electron chi connectivity index (χ4n) is 1.26. The van der Waals surface area contributed by atoms with E-state index >= 15 is 0 Å². The first-order chi connectivity index (χ1) is 9.06. The summed E-state index contributed by atoms with van der Waals surface area (Å²) in [6, 6.07) is 2.31. The minimum Gasteiger partial charge on any atom is -0.412 e. The van der Waals surface area contributed by atoms with E-state index in [1.807, 2.05) is 0 Å². The van der Waals surface area contributed by atoms with Gasteiger partial charge in [0, 0.05) is 7.11 Å². The van der Waals surface area contributed by atoms with E-state index in [-0.39, 0.29) is 0 Å². The molecule has 0 N–H and O–H groups in total. The van der Waals surface area contributed by atoms with Gasteiger partial charge in [-0.15, -0.1) is 5.12 Å². The number of benzene rings is 1. The fraction of sp³-hybridized carbons (Fsp3) is 0.364. The maximum absolute atomic E-state index is 13.8. The second kappa shape index (κ2) is 5.48. The van der Waals surface area contributed by atoms with Gasteiger partial charge in [0.05, 0.1) is 5.56 Å².